The summed E-state index contributed by atoms with van der Waals surface area (Å²) in [5.74, 6) is -2.40. The quantitative estimate of drug-likeness (QED) is 0.314. The Bertz CT molecular complexity index is 1000. The van der Waals surface area contributed by atoms with Gasteiger partial charge in [-0.1, -0.05) is 53.5 Å². The molecule has 190 valence electrons. The minimum Gasteiger partial charge on any atom is -0.505 e. The van der Waals surface area contributed by atoms with E-state index in [0.717, 1.165) is 57.5 Å². The number of rotatable bonds is 12. The van der Waals surface area contributed by atoms with Gasteiger partial charge in [0, 0.05) is 32.6 Å². The summed E-state index contributed by atoms with van der Waals surface area (Å²) in [6.07, 6.45) is 2.91. The molecule has 8 nitrogen and oxygen atoms in total. The largest absolute Gasteiger partial charge is 0.505 e. The van der Waals surface area contributed by atoms with Gasteiger partial charge in [0.2, 0.25) is 0 Å². The molecule has 0 spiro atoms. The van der Waals surface area contributed by atoms with Crippen LogP contribution in [0.15, 0.2) is 36.4 Å². The first kappa shape index (κ1) is 27.1. The average Bonchev–Trinajstić information content (AvgIpc) is 2.86. The number of hydrogen-bond donors (Lipinski definition) is 4. The maximum Gasteiger partial charge on any atom is 0.326 e. The van der Waals surface area contributed by atoms with Crippen molar-refractivity contribution >= 4 is 35.1 Å². The van der Waals surface area contributed by atoms with Gasteiger partial charge in [-0.25, -0.2) is 4.79 Å². The van der Waals surface area contributed by atoms with Gasteiger partial charge >= 0.3 is 5.97 Å². The Balaban J connectivity index is 1.55. The molecule has 0 aliphatic carbocycles. The lowest BCUT2D eigenvalue weighted by Crippen LogP contribution is -2.43. The van der Waals surface area contributed by atoms with Crippen LogP contribution >= 0.6 is 23.2 Å². The highest BCUT2D eigenvalue weighted by atomic mass is 35.5. The normalized spacial score (nSPS) is 14.9. The predicted octanol–water partition coefficient (Wildman–Crippen LogP) is 3.58. The molecule has 0 bridgehead atoms. The molecule has 2 aromatic carbocycles. The fourth-order valence-corrected chi connectivity index (χ4v) is 4.47. The first-order chi connectivity index (χ1) is 16.9. The number of aromatic hydroxyl groups is 1. The van der Waals surface area contributed by atoms with Gasteiger partial charge < -0.3 is 30.5 Å². The van der Waals surface area contributed by atoms with Crippen molar-refractivity contribution in [3.8, 4) is 11.5 Å². The maximum absolute atomic E-state index is 12.7. The van der Waals surface area contributed by atoms with Gasteiger partial charge in [0.05, 0.1) is 17.2 Å². The van der Waals surface area contributed by atoms with E-state index in [1.54, 1.807) is 24.3 Å². The summed E-state index contributed by atoms with van der Waals surface area (Å²) < 4.78 is 5.70. The number of nitrogens with one attached hydrogen (secondary N) is 2. The van der Waals surface area contributed by atoms with Crippen LogP contribution < -0.4 is 15.4 Å². The Hall–Kier alpha value is -2.52. The molecule has 1 saturated heterocycles. The van der Waals surface area contributed by atoms with Crippen LogP contribution in [0.3, 0.4) is 0 Å². The van der Waals surface area contributed by atoms with Crippen molar-refractivity contribution in [2.75, 3.05) is 39.3 Å². The smallest absolute Gasteiger partial charge is 0.326 e. The van der Waals surface area contributed by atoms with E-state index in [1.165, 1.54) is 6.07 Å². The molecule has 0 aromatic heterocycles. The van der Waals surface area contributed by atoms with E-state index in [4.69, 9.17) is 27.9 Å². The number of unbranched alkanes of at least 4 members (excludes halogenated alkanes) is 2. The molecule has 0 radical (unpaired) electrons. The lowest BCUT2D eigenvalue weighted by atomic mass is 10.1. The number of benzene rings is 2. The van der Waals surface area contributed by atoms with Gasteiger partial charge in [-0.15, -0.1) is 0 Å². The highest BCUT2D eigenvalue weighted by molar-refractivity contribution is 6.39. The van der Waals surface area contributed by atoms with Gasteiger partial charge in [-0.2, -0.15) is 0 Å². The summed E-state index contributed by atoms with van der Waals surface area (Å²) in [7, 11) is 0. The van der Waals surface area contributed by atoms with E-state index in [2.05, 4.69) is 15.5 Å². The van der Waals surface area contributed by atoms with E-state index in [1.807, 2.05) is 6.07 Å². The fourth-order valence-electron chi connectivity index (χ4n) is 3.91. The third-order valence-corrected chi connectivity index (χ3v) is 6.49. The summed E-state index contributed by atoms with van der Waals surface area (Å²) >= 11 is 12.5. The number of piperazine rings is 1. The van der Waals surface area contributed by atoms with Crippen molar-refractivity contribution in [2.45, 2.75) is 31.7 Å². The Morgan fingerprint density at radius 3 is 2.51 bits per heavy atom. The Kier molecular flexibility index (Phi) is 10.5. The Labute approximate surface area is 215 Å². The second kappa shape index (κ2) is 13.5. The molecular formula is C25H31Cl2N3O5. The molecular weight excluding hydrogens is 493 g/mol. The van der Waals surface area contributed by atoms with Crippen molar-refractivity contribution < 1.29 is 24.5 Å². The fraction of sp³-hybridized carbons (Fsp3) is 0.440. The van der Waals surface area contributed by atoms with Crippen LogP contribution in [0.2, 0.25) is 10.0 Å². The van der Waals surface area contributed by atoms with Crippen molar-refractivity contribution in [3.63, 3.8) is 0 Å². The number of halogens is 2. The first-order valence-electron chi connectivity index (χ1n) is 11.7. The lowest BCUT2D eigenvalue weighted by molar-refractivity contribution is -0.139. The third kappa shape index (κ3) is 8.00. The molecule has 1 fully saturated rings. The zero-order valence-electron chi connectivity index (χ0n) is 19.4. The van der Waals surface area contributed by atoms with E-state index < -0.39 is 23.7 Å². The molecule has 35 heavy (non-hydrogen) atoms. The highest BCUT2D eigenvalue weighted by Gasteiger charge is 2.26. The molecule has 2 aromatic rings. The number of carboxylic acid groups (broad SMARTS) is 1. The summed E-state index contributed by atoms with van der Waals surface area (Å²) in [5, 5.41) is 25.7. The number of carboxylic acids is 1. The molecule has 1 aliphatic rings. The number of hydrogen-bond acceptors (Lipinski definition) is 6. The maximum atomic E-state index is 12.7. The molecule has 4 N–H and O–H groups in total. The van der Waals surface area contributed by atoms with Crippen LogP contribution in [0.1, 0.15) is 35.2 Å². The predicted molar refractivity (Wildman–Crippen MR) is 136 cm³/mol. The zero-order valence-corrected chi connectivity index (χ0v) is 20.9. The van der Waals surface area contributed by atoms with E-state index in [0.29, 0.717) is 6.61 Å². The van der Waals surface area contributed by atoms with Gasteiger partial charge in [0.15, 0.2) is 11.5 Å². The van der Waals surface area contributed by atoms with E-state index in [-0.39, 0.29) is 27.8 Å². The van der Waals surface area contributed by atoms with Gasteiger partial charge in [-0.3, -0.25) is 4.79 Å². The minimum absolute atomic E-state index is 0.0636. The van der Waals surface area contributed by atoms with Crippen LogP contribution in [0.4, 0.5) is 0 Å². The number of ether oxygens (including phenoxy) is 1. The van der Waals surface area contributed by atoms with Crippen LogP contribution in [0.5, 0.6) is 11.5 Å². The number of amides is 1. The molecule has 1 heterocycles. The summed E-state index contributed by atoms with van der Waals surface area (Å²) in [5.41, 5.74) is 0.528. The molecule has 1 amide bonds. The Morgan fingerprint density at radius 2 is 1.83 bits per heavy atom. The Morgan fingerprint density at radius 1 is 1.11 bits per heavy atom. The molecule has 1 atom stereocenters. The monoisotopic (exact) mass is 523 g/mol. The number of carbonyl (C=O) groups is 2. The topological polar surface area (TPSA) is 111 Å². The number of aliphatic carboxylic acids is 1. The number of nitrogens with zero attached hydrogens (tertiary/aromatic N) is 1. The number of carbonyl (C=O) groups excluding carboxylic acids is 1. The SMILES string of the molecule is O=C(N[C@@H](Cc1ccccc1)C(=O)O)c1cc(Cl)c(OCCCCCN2CCNCC2)c(Cl)c1O. The third-order valence-electron chi connectivity index (χ3n) is 5.86. The van der Waals surface area contributed by atoms with E-state index >= 15 is 0 Å². The first-order valence-corrected chi connectivity index (χ1v) is 12.5. The number of phenols is 1. The second-order valence-corrected chi connectivity index (χ2v) is 9.24. The lowest BCUT2D eigenvalue weighted by Gasteiger charge is -2.27. The summed E-state index contributed by atoms with van der Waals surface area (Å²) in [4.78, 5) is 26.9. The standard InChI is InChI=1S/C25H31Cl2N3O5/c26-19-16-18(24(32)29-20(25(33)34)15-17-7-3-1-4-8-17)22(31)21(27)23(19)35-14-6-2-5-11-30-12-9-28-10-13-30/h1,3-4,7-8,16,20,28,31H,2,5-6,9-15H2,(H,29,32)(H,33,34)/t20-/m0/s1. The van der Waals surface area contributed by atoms with E-state index in [9.17, 15) is 19.8 Å². The molecule has 1 aliphatic heterocycles. The van der Waals surface area contributed by atoms with Gasteiger partial charge in [0.25, 0.3) is 5.91 Å². The van der Waals surface area contributed by atoms with Gasteiger partial charge in [0.1, 0.15) is 11.1 Å². The minimum atomic E-state index is -1.20. The van der Waals surface area contributed by atoms with Crippen LogP contribution in [0, 0.1) is 0 Å². The molecule has 3 rings (SSSR count). The van der Waals surface area contributed by atoms with Crippen molar-refractivity contribution in [1.29, 1.82) is 0 Å². The van der Waals surface area contributed by atoms with Crippen molar-refractivity contribution in [2.24, 2.45) is 0 Å². The summed E-state index contributed by atoms with van der Waals surface area (Å²) in [6.45, 7) is 5.61. The van der Waals surface area contributed by atoms with Crippen LogP contribution in [-0.2, 0) is 11.2 Å². The molecule has 0 unspecified atom stereocenters. The van der Waals surface area contributed by atoms with Crippen LogP contribution in [-0.4, -0.2) is 72.4 Å². The van der Waals surface area contributed by atoms with Crippen LogP contribution in [0.25, 0.3) is 0 Å². The molecule has 0 saturated carbocycles. The highest BCUT2D eigenvalue weighted by Crippen LogP contribution is 2.42. The average molecular weight is 524 g/mol. The zero-order chi connectivity index (χ0) is 25.2. The van der Waals surface area contributed by atoms with Gasteiger partial charge in [-0.05, 0) is 37.4 Å². The number of phenolic OH excluding ortho intramolecular Hbond substituents is 1. The summed E-state index contributed by atoms with van der Waals surface area (Å²) in [6, 6.07) is 8.96. The van der Waals surface area contributed by atoms with Crippen molar-refractivity contribution in [3.05, 3.63) is 57.6 Å². The molecule has 10 heteroatoms. The van der Waals surface area contributed by atoms with Crippen molar-refractivity contribution in [1.82, 2.24) is 15.5 Å². The second-order valence-electron chi connectivity index (χ2n) is 8.45.